The molecule has 6 rings (SSSR count). The lowest BCUT2D eigenvalue weighted by Gasteiger charge is -2.37. The Morgan fingerprint density at radius 2 is 1.57 bits per heavy atom. The van der Waals surface area contributed by atoms with Gasteiger partial charge in [-0.2, -0.15) is 5.10 Å². The number of halogens is 2. The molecule has 1 aromatic heterocycles. The van der Waals surface area contributed by atoms with E-state index in [9.17, 15) is 4.79 Å². The van der Waals surface area contributed by atoms with Crippen LogP contribution in [-0.2, 0) is 15.3 Å². The molecule has 3 aromatic carbocycles. The van der Waals surface area contributed by atoms with Crippen LogP contribution in [0.4, 0.5) is 11.4 Å². The van der Waals surface area contributed by atoms with E-state index in [1.807, 2.05) is 49.4 Å². The van der Waals surface area contributed by atoms with Gasteiger partial charge < -0.3 is 24.0 Å². The Hall–Kier alpha value is -3.50. The predicted molar refractivity (Wildman–Crippen MR) is 155 cm³/mol. The second-order valence-corrected chi connectivity index (χ2v) is 10.8. The van der Waals surface area contributed by atoms with Crippen LogP contribution in [0.2, 0.25) is 10.0 Å². The Kier molecular flexibility index (Phi) is 7.46. The minimum Gasteiger partial charge on any atom is -0.491 e. The molecule has 9 nitrogen and oxygen atoms in total. The van der Waals surface area contributed by atoms with E-state index in [0.717, 1.165) is 54.6 Å². The van der Waals surface area contributed by atoms with Gasteiger partial charge in [0.25, 0.3) is 0 Å². The molecule has 0 saturated carbocycles. The number of anilines is 2. The number of hydrogen-bond acceptors (Lipinski definition) is 7. The third-order valence-corrected chi connectivity index (χ3v) is 7.87. The summed E-state index contributed by atoms with van der Waals surface area (Å²) in [6.07, 6.45) is 1.26. The Balaban J connectivity index is 0.993. The van der Waals surface area contributed by atoms with E-state index in [-0.39, 0.29) is 11.8 Å². The van der Waals surface area contributed by atoms with Crippen molar-refractivity contribution in [2.45, 2.75) is 18.8 Å². The van der Waals surface area contributed by atoms with E-state index < -0.39 is 5.79 Å². The number of aromatic amines is 1. The average molecular weight is 582 g/mol. The zero-order chi connectivity index (χ0) is 27.7. The van der Waals surface area contributed by atoms with E-state index in [1.165, 1.54) is 10.9 Å². The number of rotatable bonds is 7. The molecular formula is C29H29Cl2N5O4. The van der Waals surface area contributed by atoms with Crippen LogP contribution in [-0.4, -0.2) is 60.3 Å². The van der Waals surface area contributed by atoms with Gasteiger partial charge in [-0.05, 0) is 67.6 Å². The molecule has 40 heavy (non-hydrogen) atoms. The highest BCUT2D eigenvalue weighted by atomic mass is 35.5. The first-order chi connectivity index (χ1) is 19.4. The van der Waals surface area contributed by atoms with Gasteiger partial charge in [0.1, 0.15) is 24.8 Å². The monoisotopic (exact) mass is 581 g/mol. The number of nitrogens with one attached hydrogen (secondary N) is 1. The minimum absolute atomic E-state index is 0.223. The van der Waals surface area contributed by atoms with Gasteiger partial charge in [-0.15, -0.1) is 0 Å². The maximum absolute atomic E-state index is 11.8. The molecule has 0 aliphatic carbocycles. The Bertz CT molecular complexity index is 1520. The third-order valence-electron chi connectivity index (χ3n) is 7.32. The first-order valence-corrected chi connectivity index (χ1v) is 13.9. The van der Waals surface area contributed by atoms with Crippen LogP contribution in [0.15, 0.2) is 77.9 Å². The van der Waals surface area contributed by atoms with E-state index >= 15 is 0 Å². The Labute approximate surface area is 241 Å². The normalized spacial score (nSPS) is 21.1. The molecule has 1 N–H and O–H groups in total. The fourth-order valence-corrected chi connectivity index (χ4v) is 5.72. The molecule has 0 radical (unpaired) electrons. The molecular weight excluding hydrogens is 553 g/mol. The van der Waals surface area contributed by atoms with Crippen LogP contribution in [0.1, 0.15) is 12.5 Å². The highest BCUT2D eigenvalue weighted by molar-refractivity contribution is 6.35. The maximum atomic E-state index is 11.8. The van der Waals surface area contributed by atoms with Gasteiger partial charge in [0.15, 0.2) is 5.79 Å². The lowest BCUT2D eigenvalue weighted by atomic mass is 10.1. The highest BCUT2D eigenvalue weighted by Crippen LogP contribution is 2.38. The molecule has 0 bridgehead atoms. The molecule has 11 heteroatoms. The van der Waals surface area contributed by atoms with Crippen LogP contribution >= 0.6 is 23.2 Å². The number of aromatic nitrogens is 3. The van der Waals surface area contributed by atoms with Crippen LogP contribution < -0.4 is 20.2 Å². The van der Waals surface area contributed by atoms with Crippen LogP contribution in [0, 0.1) is 0 Å². The van der Waals surface area contributed by atoms with Crippen LogP contribution in [0.3, 0.4) is 0 Å². The largest absolute Gasteiger partial charge is 0.491 e. The summed E-state index contributed by atoms with van der Waals surface area (Å²) >= 11 is 12.4. The van der Waals surface area contributed by atoms with E-state index in [1.54, 1.807) is 12.1 Å². The van der Waals surface area contributed by atoms with Crippen molar-refractivity contribution < 1.29 is 14.2 Å². The SMILES string of the molecule is CC1(c2ccc(Cl)cc2Cl)OCC(COc2ccc(N3CCN(c4ccc(-n5cn[nH]c5=O)cc4)CC3)cc2)O1. The molecule has 208 valence electrons. The van der Waals surface area contributed by atoms with Gasteiger partial charge in [0.2, 0.25) is 0 Å². The van der Waals surface area contributed by atoms with E-state index in [4.69, 9.17) is 37.4 Å². The van der Waals surface area contributed by atoms with Crippen molar-refractivity contribution in [3.63, 3.8) is 0 Å². The summed E-state index contributed by atoms with van der Waals surface area (Å²) in [5, 5.41) is 7.28. The first-order valence-electron chi connectivity index (χ1n) is 13.1. The predicted octanol–water partition coefficient (Wildman–Crippen LogP) is 4.86. The zero-order valence-electron chi connectivity index (χ0n) is 21.9. The molecule has 2 fully saturated rings. The van der Waals surface area contributed by atoms with Crippen molar-refractivity contribution in [3.05, 3.63) is 99.2 Å². The summed E-state index contributed by atoms with van der Waals surface area (Å²) in [7, 11) is 0. The standard InChI is InChI=1S/C29H29Cl2N5O4/c1-29(26-11-2-20(30)16-27(26)31)39-18-25(40-29)17-38-24-9-7-22(8-10-24)35-14-12-34(13-15-35)21-3-5-23(6-4-21)36-19-32-33-28(36)37/h2-11,16,19,25H,12-15,17-18H2,1H3,(H,33,37). The number of H-pyrrole nitrogens is 1. The van der Waals surface area contributed by atoms with Gasteiger partial charge in [-0.3, -0.25) is 0 Å². The molecule has 2 unspecified atom stereocenters. The van der Waals surface area contributed by atoms with Crippen molar-refractivity contribution in [1.82, 2.24) is 14.8 Å². The van der Waals surface area contributed by atoms with Crippen LogP contribution in [0.5, 0.6) is 5.75 Å². The molecule has 2 aliphatic rings. The summed E-state index contributed by atoms with van der Waals surface area (Å²) in [4.78, 5) is 16.5. The summed E-state index contributed by atoms with van der Waals surface area (Å²) in [6.45, 7) is 6.24. The number of hydrogen-bond donors (Lipinski definition) is 1. The number of benzene rings is 3. The molecule has 2 aliphatic heterocycles. The molecule has 4 aromatic rings. The molecule has 3 heterocycles. The molecule has 2 saturated heterocycles. The summed E-state index contributed by atoms with van der Waals surface area (Å²) in [5.74, 6) is -0.163. The second kappa shape index (κ2) is 11.2. The topological polar surface area (TPSA) is 84.9 Å². The van der Waals surface area contributed by atoms with Crippen molar-refractivity contribution in [3.8, 4) is 11.4 Å². The fourth-order valence-electron chi connectivity index (χ4n) is 5.14. The van der Waals surface area contributed by atoms with Crippen molar-refractivity contribution in [2.24, 2.45) is 0 Å². The summed E-state index contributed by atoms with van der Waals surface area (Å²) in [5.41, 5.74) is 3.58. The van der Waals surface area contributed by atoms with Crippen molar-refractivity contribution >= 4 is 34.6 Å². The fraction of sp³-hybridized carbons (Fsp3) is 0.310. The van der Waals surface area contributed by atoms with Crippen molar-refractivity contribution in [1.29, 1.82) is 0 Å². The smallest absolute Gasteiger partial charge is 0.347 e. The average Bonchev–Trinajstić information content (AvgIpc) is 3.58. The Morgan fingerprint density at radius 1 is 0.950 bits per heavy atom. The lowest BCUT2D eigenvalue weighted by molar-refractivity contribution is -0.164. The number of piperazine rings is 1. The summed E-state index contributed by atoms with van der Waals surface area (Å²) in [6, 6.07) is 21.4. The summed E-state index contributed by atoms with van der Waals surface area (Å²) < 4.78 is 19.6. The quantitative estimate of drug-likeness (QED) is 0.333. The highest BCUT2D eigenvalue weighted by Gasteiger charge is 2.40. The number of nitrogens with zero attached hydrogens (tertiary/aromatic N) is 4. The van der Waals surface area contributed by atoms with E-state index in [0.29, 0.717) is 23.3 Å². The minimum atomic E-state index is -0.941. The Morgan fingerprint density at radius 3 is 2.17 bits per heavy atom. The number of ether oxygens (including phenoxy) is 3. The van der Waals surface area contributed by atoms with Gasteiger partial charge in [0.05, 0.1) is 17.3 Å². The molecule has 2 atom stereocenters. The first kappa shape index (κ1) is 26.7. The third kappa shape index (κ3) is 5.55. The van der Waals surface area contributed by atoms with Crippen molar-refractivity contribution in [2.75, 3.05) is 49.2 Å². The van der Waals surface area contributed by atoms with Gasteiger partial charge in [0, 0.05) is 48.1 Å². The second-order valence-electron chi connectivity index (χ2n) is 9.95. The maximum Gasteiger partial charge on any atom is 0.347 e. The van der Waals surface area contributed by atoms with Crippen LogP contribution in [0.25, 0.3) is 5.69 Å². The lowest BCUT2D eigenvalue weighted by Crippen LogP contribution is -2.46. The molecule has 0 amide bonds. The van der Waals surface area contributed by atoms with Gasteiger partial charge in [-0.25, -0.2) is 14.5 Å². The van der Waals surface area contributed by atoms with Gasteiger partial charge >= 0.3 is 5.69 Å². The van der Waals surface area contributed by atoms with Gasteiger partial charge in [-0.1, -0.05) is 29.3 Å². The van der Waals surface area contributed by atoms with E-state index in [2.05, 4.69) is 32.1 Å². The zero-order valence-corrected chi connectivity index (χ0v) is 23.4. The molecule has 0 spiro atoms.